The van der Waals surface area contributed by atoms with Crippen molar-refractivity contribution in [2.45, 2.75) is 64.6 Å². The second kappa shape index (κ2) is 9.94. The predicted octanol–water partition coefficient (Wildman–Crippen LogP) is 3.82. The number of fused-ring (bicyclic) bond motifs is 1. The molecule has 2 unspecified atom stereocenters. The molecule has 196 valence electrons. The molecule has 1 aliphatic heterocycles. The van der Waals surface area contributed by atoms with Crippen molar-refractivity contribution < 1.29 is 34.2 Å². The molecule has 1 saturated heterocycles. The minimum atomic E-state index is -0.757. The lowest BCUT2D eigenvalue weighted by molar-refractivity contribution is -0.384. The van der Waals surface area contributed by atoms with E-state index < -0.39 is 40.4 Å². The largest absolute Gasteiger partial charge is 0.465 e. The molecule has 1 aromatic carbocycles. The Bertz CT molecular complexity index is 1040. The summed E-state index contributed by atoms with van der Waals surface area (Å²) in [7, 11) is 0. The average Bonchev–Trinajstić information content (AvgIpc) is 3.29. The zero-order valence-electron chi connectivity index (χ0n) is 20.9. The molecule has 0 radical (unpaired) electrons. The molecule has 3 fully saturated rings. The molecule has 0 spiro atoms. The molecular weight excluding hydrogens is 466 g/mol. The number of allylic oxidation sites excluding steroid dienone is 1. The molecule has 0 aromatic heterocycles. The summed E-state index contributed by atoms with van der Waals surface area (Å²) in [5.41, 5.74) is 0.104. The molecule has 7 atom stereocenters. The van der Waals surface area contributed by atoms with Crippen molar-refractivity contribution in [1.82, 2.24) is 0 Å². The highest BCUT2D eigenvalue weighted by Crippen LogP contribution is 2.62. The van der Waals surface area contributed by atoms with Crippen LogP contribution in [-0.4, -0.2) is 52.5 Å². The van der Waals surface area contributed by atoms with Crippen LogP contribution in [0.4, 0.5) is 5.69 Å². The lowest BCUT2D eigenvalue weighted by Crippen LogP contribution is -2.58. The maximum Gasteiger partial charge on any atom is 0.338 e. The van der Waals surface area contributed by atoms with Crippen LogP contribution in [0.2, 0.25) is 0 Å². The van der Waals surface area contributed by atoms with Crippen molar-refractivity contribution in [3.8, 4) is 0 Å². The van der Waals surface area contributed by atoms with E-state index >= 15 is 0 Å². The number of nitro groups is 1. The molecule has 4 rings (SSSR count). The lowest BCUT2D eigenvalue weighted by atomic mass is 9.46. The summed E-state index contributed by atoms with van der Waals surface area (Å²) in [6.07, 6.45) is 2.26. The van der Waals surface area contributed by atoms with Gasteiger partial charge < -0.3 is 19.7 Å². The number of benzene rings is 1. The molecule has 2 aliphatic carbocycles. The molecule has 0 amide bonds. The Kier molecular flexibility index (Phi) is 7.26. The first-order valence-corrected chi connectivity index (χ1v) is 12.6. The number of aliphatic hydroxyl groups is 2. The molecule has 1 aromatic rings. The van der Waals surface area contributed by atoms with Gasteiger partial charge in [-0.2, -0.15) is 0 Å². The topological polar surface area (TPSA) is 136 Å². The summed E-state index contributed by atoms with van der Waals surface area (Å²) in [4.78, 5) is 36.0. The van der Waals surface area contributed by atoms with E-state index in [1.807, 2.05) is 6.92 Å². The van der Waals surface area contributed by atoms with Gasteiger partial charge in [-0.3, -0.25) is 14.9 Å². The molecule has 9 nitrogen and oxygen atoms in total. The number of hydrogen-bond acceptors (Lipinski definition) is 8. The fourth-order valence-corrected chi connectivity index (χ4v) is 6.94. The molecular formula is C27H35NO8. The zero-order chi connectivity index (χ0) is 26.3. The van der Waals surface area contributed by atoms with Crippen LogP contribution >= 0.6 is 0 Å². The van der Waals surface area contributed by atoms with Gasteiger partial charge in [-0.25, -0.2) is 4.79 Å². The third kappa shape index (κ3) is 4.54. The number of rotatable bonds is 7. The number of cyclic esters (lactones) is 1. The van der Waals surface area contributed by atoms with Crippen molar-refractivity contribution >= 4 is 17.6 Å². The fourth-order valence-electron chi connectivity index (χ4n) is 6.94. The standard InChI is InChI=1S/C27H35NO8/c1-16-4-9-22-26(2,12-10-23(30)27(22,3)15-29)20(16)14-21(19-11-13-35-25(19)32)36-24(31)17-5-7-18(8-6-17)28(33)34/h5-8,19-23,29-30H,1,4,9-15H2,2-3H3/t19?,20-,21?,22+,23-,26+,27+/m1/s1. The number of carbonyl (C=O) groups excluding carboxylic acids is 2. The maximum absolute atomic E-state index is 13.0. The van der Waals surface area contributed by atoms with Crippen LogP contribution in [0.5, 0.6) is 0 Å². The van der Waals surface area contributed by atoms with Gasteiger partial charge >= 0.3 is 11.9 Å². The summed E-state index contributed by atoms with van der Waals surface area (Å²) in [6, 6.07) is 5.17. The van der Waals surface area contributed by atoms with Gasteiger partial charge in [0.15, 0.2) is 0 Å². The molecule has 36 heavy (non-hydrogen) atoms. The van der Waals surface area contributed by atoms with Crippen molar-refractivity contribution in [2.75, 3.05) is 13.2 Å². The highest BCUT2D eigenvalue weighted by atomic mass is 16.6. The number of esters is 2. The van der Waals surface area contributed by atoms with E-state index in [1.54, 1.807) is 0 Å². The van der Waals surface area contributed by atoms with Gasteiger partial charge in [0, 0.05) is 17.5 Å². The minimum absolute atomic E-state index is 0.0378. The van der Waals surface area contributed by atoms with Gasteiger partial charge in [0.25, 0.3) is 5.69 Å². The monoisotopic (exact) mass is 501 g/mol. The highest BCUT2D eigenvalue weighted by molar-refractivity contribution is 5.90. The smallest absolute Gasteiger partial charge is 0.338 e. The number of nitro benzene ring substituents is 1. The van der Waals surface area contributed by atoms with Crippen molar-refractivity contribution in [3.63, 3.8) is 0 Å². The summed E-state index contributed by atoms with van der Waals surface area (Å²) < 4.78 is 11.1. The summed E-state index contributed by atoms with van der Waals surface area (Å²) in [6.45, 7) is 8.57. The van der Waals surface area contributed by atoms with Gasteiger partial charge in [-0.1, -0.05) is 26.0 Å². The van der Waals surface area contributed by atoms with Crippen molar-refractivity contribution in [2.24, 2.45) is 28.6 Å². The molecule has 1 heterocycles. The molecule has 9 heteroatoms. The normalized spacial score (nSPS) is 35.0. The quantitative estimate of drug-likeness (QED) is 0.249. The highest BCUT2D eigenvalue weighted by Gasteiger charge is 2.58. The molecule has 0 bridgehead atoms. The SMILES string of the molecule is C=C1CC[C@@H]2[C@](C)(CO)[C@H](O)CC[C@@]2(C)[C@@H]1CC(OC(=O)c1ccc([N+](=O)[O-])cc1)C1CCOC1=O. The van der Waals surface area contributed by atoms with Crippen LogP contribution in [0.3, 0.4) is 0 Å². The van der Waals surface area contributed by atoms with Gasteiger partial charge in [-0.15, -0.1) is 0 Å². The second-order valence-corrected chi connectivity index (χ2v) is 11.1. The van der Waals surface area contributed by atoms with E-state index in [2.05, 4.69) is 13.5 Å². The van der Waals surface area contributed by atoms with E-state index in [9.17, 15) is 29.9 Å². The zero-order valence-corrected chi connectivity index (χ0v) is 20.9. The molecule has 2 saturated carbocycles. The Morgan fingerprint density at radius 1 is 1.28 bits per heavy atom. The third-order valence-corrected chi connectivity index (χ3v) is 9.16. The van der Waals surface area contributed by atoms with Crippen LogP contribution in [0, 0.1) is 38.7 Å². The Hall–Kier alpha value is -2.78. The number of carbonyl (C=O) groups is 2. The molecule has 3 aliphatic rings. The van der Waals surface area contributed by atoms with Gasteiger partial charge in [0.2, 0.25) is 0 Å². The first-order valence-electron chi connectivity index (χ1n) is 12.6. The minimum Gasteiger partial charge on any atom is -0.465 e. The van der Waals surface area contributed by atoms with E-state index in [1.165, 1.54) is 24.3 Å². The average molecular weight is 502 g/mol. The fraction of sp³-hybridized carbons (Fsp3) is 0.630. The first kappa shape index (κ1) is 26.3. The van der Waals surface area contributed by atoms with Gasteiger partial charge in [0.05, 0.1) is 35.7 Å². The Morgan fingerprint density at radius 2 is 1.97 bits per heavy atom. The number of ether oxygens (including phenoxy) is 2. The molecule has 2 N–H and O–H groups in total. The van der Waals surface area contributed by atoms with Crippen LogP contribution in [0.1, 0.15) is 62.7 Å². The number of non-ortho nitro benzene ring substituents is 1. The van der Waals surface area contributed by atoms with Gasteiger partial charge in [-0.05, 0) is 67.9 Å². The van der Waals surface area contributed by atoms with Crippen molar-refractivity contribution in [3.05, 3.63) is 52.1 Å². The van der Waals surface area contributed by atoms with Crippen LogP contribution in [0.15, 0.2) is 36.4 Å². The third-order valence-electron chi connectivity index (χ3n) is 9.16. The Morgan fingerprint density at radius 3 is 2.56 bits per heavy atom. The van der Waals surface area contributed by atoms with Crippen LogP contribution in [0.25, 0.3) is 0 Å². The number of nitrogens with zero attached hydrogens (tertiary/aromatic N) is 1. The number of hydrogen-bond donors (Lipinski definition) is 2. The number of aliphatic hydroxyl groups excluding tert-OH is 2. The van der Waals surface area contributed by atoms with Crippen molar-refractivity contribution in [1.29, 1.82) is 0 Å². The van der Waals surface area contributed by atoms with E-state index in [0.717, 1.165) is 24.8 Å². The van der Waals surface area contributed by atoms with E-state index in [0.29, 0.717) is 19.3 Å². The second-order valence-electron chi connectivity index (χ2n) is 11.1. The van der Waals surface area contributed by atoms with Gasteiger partial charge in [0.1, 0.15) is 6.10 Å². The summed E-state index contributed by atoms with van der Waals surface area (Å²) in [5, 5.41) is 32.0. The predicted molar refractivity (Wildman–Crippen MR) is 130 cm³/mol. The first-order chi connectivity index (χ1) is 17.0. The summed E-state index contributed by atoms with van der Waals surface area (Å²) >= 11 is 0. The van der Waals surface area contributed by atoms with E-state index in [4.69, 9.17) is 9.47 Å². The Balaban J connectivity index is 1.62. The Labute approximate surface area is 210 Å². The van der Waals surface area contributed by atoms with Crippen LogP contribution in [-0.2, 0) is 14.3 Å². The van der Waals surface area contributed by atoms with Crippen LogP contribution < -0.4 is 0 Å². The lowest BCUT2D eigenvalue weighted by Gasteiger charge is -2.60. The summed E-state index contributed by atoms with van der Waals surface area (Å²) in [5.74, 6) is -1.72. The maximum atomic E-state index is 13.0. The van der Waals surface area contributed by atoms with E-state index in [-0.39, 0.29) is 41.7 Å².